The summed E-state index contributed by atoms with van der Waals surface area (Å²) < 4.78 is 1.77. The summed E-state index contributed by atoms with van der Waals surface area (Å²) in [5.74, 6) is 1.59. The third kappa shape index (κ3) is 2.33. The van der Waals surface area contributed by atoms with Crippen molar-refractivity contribution in [3.05, 3.63) is 40.4 Å². The highest BCUT2D eigenvalue weighted by atomic mass is 35.5. The van der Waals surface area contributed by atoms with Crippen LogP contribution in [-0.4, -0.2) is 14.8 Å². The van der Waals surface area contributed by atoms with E-state index in [1.54, 1.807) is 4.68 Å². The molecule has 17 heavy (non-hydrogen) atoms. The molecule has 0 aliphatic carbocycles. The Balaban J connectivity index is 2.48. The van der Waals surface area contributed by atoms with E-state index in [4.69, 9.17) is 17.3 Å². The van der Waals surface area contributed by atoms with Gasteiger partial charge in [0.15, 0.2) is 0 Å². The summed E-state index contributed by atoms with van der Waals surface area (Å²) in [4.78, 5) is 4.26. The van der Waals surface area contributed by atoms with Crippen LogP contribution in [0.4, 0.5) is 0 Å². The Morgan fingerprint density at radius 2 is 2.06 bits per heavy atom. The van der Waals surface area contributed by atoms with Crippen LogP contribution in [-0.2, 0) is 0 Å². The Morgan fingerprint density at radius 3 is 2.53 bits per heavy atom. The molecule has 1 atom stereocenters. The fraction of sp³-hybridized carbons (Fsp3) is 0.333. The molecule has 0 aliphatic heterocycles. The van der Waals surface area contributed by atoms with Crippen LogP contribution in [0.3, 0.4) is 0 Å². The second-order valence-electron chi connectivity index (χ2n) is 4.11. The number of nitrogens with two attached hydrogens (primary N) is 1. The normalized spacial score (nSPS) is 12.8. The van der Waals surface area contributed by atoms with Gasteiger partial charge in [-0.15, -0.1) is 0 Å². The van der Waals surface area contributed by atoms with Gasteiger partial charge in [-0.05, 0) is 38.5 Å². The lowest BCUT2D eigenvalue weighted by molar-refractivity contribution is 0.807. The fourth-order valence-electron chi connectivity index (χ4n) is 1.78. The average molecular weight is 251 g/mol. The highest BCUT2D eigenvalue weighted by molar-refractivity contribution is 6.31. The zero-order chi connectivity index (χ0) is 12.6. The molecule has 0 aliphatic rings. The van der Waals surface area contributed by atoms with E-state index in [9.17, 15) is 0 Å². The molecule has 0 saturated heterocycles. The summed E-state index contributed by atoms with van der Waals surface area (Å²) in [7, 11) is 0. The van der Waals surface area contributed by atoms with Crippen molar-refractivity contribution in [2.75, 3.05) is 0 Å². The van der Waals surface area contributed by atoms with E-state index >= 15 is 0 Å². The number of aromatic nitrogens is 3. The van der Waals surface area contributed by atoms with E-state index in [0.717, 1.165) is 22.9 Å². The minimum Gasteiger partial charge on any atom is -0.324 e. The van der Waals surface area contributed by atoms with Gasteiger partial charge >= 0.3 is 0 Å². The molecule has 1 unspecified atom stereocenters. The molecule has 0 amide bonds. The summed E-state index contributed by atoms with van der Waals surface area (Å²) in [6, 6.07) is 5.67. The smallest absolute Gasteiger partial charge is 0.148 e. The summed E-state index contributed by atoms with van der Waals surface area (Å²) in [5.41, 5.74) is 7.65. The highest BCUT2D eigenvalue weighted by Gasteiger charge is 2.09. The number of hydrogen-bond donors (Lipinski definition) is 1. The van der Waals surface area contributed by atoms with Crippen molar-refractivity contribution in [3.63, 3.8) is 0 Å². The highest BCUT2D eigenvalue weighted by Crippen LogP contribution is 2.24. The topological polar surface area (TPSA) is 56.7 Å². The maximum absolute atomic E-state index is 6.19. The molecule has 1 aromatic heterocycles. The van der Waals surface area contributed by atoms with Crippen LogP contribution < -0.4 is 5.73 Å². The lowest BCUT2D eigenvalue weighted by atomic mass is 10.1. The molecule has 2 rings (SSSR count). The zero-order valence-corrected chi connectivity index (χ0v) is 10.9. The monoisotopic (exact) mass is 250 g/mol. The molecule has 0 spiro atoms. The van der Waals surface area contributed by atoms with Crippen molar-refractivity contribution in [1.29, 1.82) is 0 Å². The Morgan fingerprint density at radius 1 is 1.35 bits per heavy atom. The molecule has 5 heteroatoms. The third-order valence-electron chi connectivity index (χ3n) is 2.59. The largest absolute Gasteiger partial charge is 0.324 e. The maximum atomic E-state index is 6.19. The average Bonchev–Trinajstić information content (AvgIpc) is 2.57. The van der Waals surface area contributed by atoms with Crippen LogP contribution in [0.15, 0.2) is 18.2 Å². The molecular formula is C12H15ClN4. The molecule has 0 bridgehead atoms. The first-order valence-corrected chi connectivity index (χ1v) is 5.82. The van der Waals surface area contributed by atoms with Gasteiger partial charge in [-0.2, -0.15) is 5.10 Å². The van der Waals surface area contributed by atoms with Gasteiger partial charge in [0.1, 0.15) is 11.6 Å². The SMILES string of the molecule is Cc1nc(C)n(-c2ccc(C(C)N)c(Cl)c2)n1. The molecule has 2 N–H and O–H groups in total. The summed E-state index contributed by atoms with van der Waals surface area (Å²) in [6.07, 6.45) is 0. The van der Waals surface area contributed by atoms with Crippen LogP contribution in [0.1, 0.15) is 30.2 Å². The Bertz CT molecular complexity index is 545. The second kappa shape index (κ2) is 4.47. The molecule has 0 saturated carbocycles. The Labute approximate surface area is 105 Å². The van der Waals surface area contributed by atoms with Gasteiger partial charge in [-0.1, -0.05) is 17.7 Å². The first kappa shape index (κ1) is 12.1. The number of rotatable bonds is 2. The van der Waals surface area contributed by atoms with E-state index in [0.29, 0.717) is 5.02 Å². The predicted octanol–water partition coefficient (Wildman–Crippen LogP) is 2.56. The van der Waals surface area contributed by atoms with Crippen LogP contribution in [0, 0.1) is 13.8 Å². The molecule has 90 valence electrons. The van der Waals surface area contributed by atoms with Gasteiger partial charge in [0.05, 0.1) is 5.69 Å². The first-order chi connectivity index (χ1) is 7.99. The molecule has 0 fully saturated rings. The molecule has 1 aromatic carbocycles. The van der Waals surface area contributed by atoms with Gasteiger partial charge in [-0.3, -0.25) is 0 Å². The lowest BCUT2D eigenvalue weighted by Gasteiger charge is -2.10. The quantitative estimate of drug-likeness (QED) is 0.891. The van der Waals surface area contributed by atoms with Gasteiger partial charge in [0.25, 0.3) is 0 Å². The van der Waals surface area contributed by atoms with Crippen molar-refractivity contribution in [2.24, 2.45) is 5.73 Å². The number of benzene rings is 1. The molecule has 1 heterocycles. The molecule has 0 radical (unpaired) electrons. The number of aryl methyl sites for hydroxylation is 2. The van der Waals surface area contributed by atoms with Gasteiger partial charge in [-0.25, -0.2) is 9.67 Å². The first-order valence-electron chi connectivity index (χ1n) is 5.44. The Kier molecular flexibility index (Phi) is 3.17. The van der Waals surface area contributed by atoms with Crippen LogP contribution >= 0.6 is 11.6 Å². The van der Waals surface area contributed by atoms with E-state index < -0.39 is 0 Å². The zero-order valence-electron chi connectivity index (χ0n) is 10.1. The summed E-state index contributed by atoms with van der Waals surface area (Å²) in [6.45, 7) is 5.68. The van der Waals surface area contributed by atoms with E-state index in [1.807, 2.05) is 39.0 Å². The van der Waals surface area contributed by atoms with E-state index in [2.05, 4.69) is 10.1 Å². The Hall–Kier alpha value is -1.39. The number of nitrogens with zero attached hydrogens (tertiary/aromatic N) is 3. The second-order valence-corrected chi connectivity index (χ2v) is 4.52. The number of halogens is 1. The molecule has 2 aromatic rings. The van der Waals surface area contributed by atoms with Gasteiger partial charge in [0, 0.05) is 11.1 Å². The summed E-state index contributed by atoms with van der Waals surface area (Å²) >= 11 is 6.19. The van der Waals surface area contributed by atoms with Crippen LogP contribution in [0.5, 0.6) is 0 Å². The van der Waals surface area contributed by atoms with Gasteiger partial charge in [0.2, 0.25) is 0 Å². The predicted molar refractivity (Wildman–Crippen MR) is 68.4 cm³/mol. The third-order valence-corrected chi connectivity index (χ3v) is 2.92. The number of hydrogen-bond acceptors (Lipinski definition) is 3. The maximum Gasteiger partial charge on any atom is 0.148 e. The van der Waals surface area contributed by atoms with Crippen molar-refractivity contribution in [2.45, 2.75) is 26.8 Å². The van der Waals surface area contributed by atoms with Crippen molar-refractivity contribution < 1.29 is 0 Å². The molecular weight excluding hydrogens is 236 g/mol. The van der Waals surface area contributed by atoms with E-state index in [1.165, 1.54) is 0 Å². The minimum atomic E-state index is -0.0740. The van der Waals surface area contributed by atoms with Gasteiger partial charge < -0.3 is 5.73 Å². The fourth-order valence-corrected chi connectivity index (χ4v) is 2.13. The van der Waals surface area contributed by atoms with Crippen molar-refractivity contribution in [1.82, 2.24) is 14.8 Å². The van der Waals surface area contributed by atoms with Crippen LogP contribution in [0.2, 0.25) is 5.02 Å². The molecule has 4 nitrogen and oxygen atoms in total. The minimum absolute atomic E-state index is 0.0740. The van der Waals surface area contributed by atoms with Crippen molar-refractivity contribution in [3.8, 4) is 5.69 Å². The lowest BCUT2D eigenvalue weighted by Crippen LogP contribution is -2.07. The van der Waals surface area contributed by atoms with Crippen LogP contribution in [0.25, 0.3) is 5.69 Å². The standard InChI is InChI=1S/C12H15ClN4/c1-7(14)11-5-4-10(6-12(11)13)17-9(3)15-8(2)16-17/h4-7H,14H2,1-3H3. The summed E-state index contributed by atoms with van der Waals surface area (Å²) in [5, 5.41) is 4.97. The van der Waals surface area contributed by atoms with Crippen molar-refractivity contribution >= 4 is 11.6 Å². The van der Waals surface area contributed by atoms with E-state index in [-0.39, 0.29) is 6.04 Å².